The molecular weight excluding hydrogens is 303 g/mol. The molecule has 0 radical (unpaired) electrons. The van der Waals surface area contributed by atoms with Crippen LogP contribution in [0.5, 0.6) is 11.5 Å². The summed E-state index contributed by atoms with van der Waals surface area (Å²) in [6.45, 7) is 0. The third kappa shape index (κ3) is 3.27. The van der Waals surface area contributed by atoms with Gasteiger partial charge in [0.1, 0.15) is 17.1 Å². The minimum Gasteiger partial charge on any atom is -0.505 e. The predicted molar refractivity (Wildman–Crippen MR) is 69.4 cm³/mol. The van der Waals surface area contributed by atoms with Gasteiger partial charge in [0.2, 0.25) is 0 Å². The highest BCUT2D eigenvalue weighted by Crippen LogP contribution is 2.37. The molecule has 1 aromatic heterocycles. The number of hydrogen-bond acceptors (Lipinski definition) is 5. The van der Waals surface area contributed by atoms with Gasteiger partial charge in [0, 0.05) is 17.3 Å². The van der Waals surface area contributed by atoms with Crippen LogP contribution in [0.4, 0.5) is 13.2 Å². The number of para-hydroxylation sites is 1. The van der Waals surface area contributed by atoms with Crippen LogP contribution >= 0.6 is 0 Å². The first-order valence-electron chi connectivity index (χ1n) is 5.94. The van der Waals surface area contributed by atoms with Gasteiger partial charge in [-0.15, -0.1) is 13.2 Å². The Hall–Kier alpha value is -2.77. The van der Waals surface area contributed by atoms with E-state index in [1.165, 1.54) is 18.2 Å². The number of aromatic nitrogens is 1. The number of nitrogens with zero attached hydrogens (tertiary/aromatic N) is 1. The Balaban J connectivity index is 2.63. The SMILES string of the molecule is COC(=O)c1c(O)cncc1-c1ccccc1OC(F)(F)F. The van der Waals surface area contributed by atoms with Gasteiger partial charge in [-0.3, -0.25) is 4.98 Å². The Morgan fingerprint density at radius 2 is 1.86 bits per heavy atom. The van der Waals surface area contributed by atoms with E-state index in [-0.39, 0.29) is 16.7 Å². The maximum atomic E-state index is 12.5. The van der Waals surface area contributed by atoms with Crippen LogP contribution in [-0.2, 0) is 4.74 Å². The highest BCUT2D eigenvalue weighted by molar-refractivity contribution is 6.00. The van der Waals surface area contributed by atoms with Crippen LogP contribution in [0.1, 0.15) is 10.4 Å². The van der Waals surface area contributed by atoms with Crippen LogP contribution in [0.25, 0.3) is 11.1 Å². The molecule has 2 aromatic rings. The standard InChI is InChI=1S/C14H10F3NO4/c1-21-13(20)12-9(6-18-7-10(12)19)8-4-2-3-5-11(8)22-14(15,16)17/h2-7,19H,1H3. The number of hydrogen-bond donors (Lipinski definition) is 1. The molecule has 0 aliphatic rings. The van der Waals surface area contributed by atoms with E-state index in [2.05, 4.69) is 14.5 Å². The molecule has 2 rings (SSSR count). The molecule has 0 amide bonds. The highest BCUT2D eigenvalue weighted by Gasteiger charge is 2.33. The molecular formula is C14H10F3NO4. The third-order valence-corrected chi connectivity index (χ3v) is 2.72. The molecule has 1 heterocycles. The van der Waals surface area contributed by atoms with Crippen molar-refractivity contribution >= 4 is 5.97 Å². The van der Waals surface area contributed by atoms with Gasteiger partial charge in [0.05, 0.1) is 13.3 Å². The van der Waals surface area contributed by atoms with Crippen molar-refractivity contribution in [1.82, 2.24) is 4.98 Å². The molecule has 1 N–H and O–H groups in total. The largest absolute Gasteiger partial charge is 0.573 e. The van der Waals surface area contributed by atoms with Gasteiger partial charge >= 0.3 is 12.3 Å². The summed E-state index contributed by atoms with van der Waals surface area (Å²) in [5.41, 5.74) is -0.383. The molecule has 0 saturated heterocycles. The van der Waals surface area contributed by atoms with E-state index in [9.17, 15) is 23.1 Å². The average Bonchev–Trinajstić information content (AvgIpc) is 2.45. The van der Waals surface area contributed by atoms with E-state index in [0.717, 1.165) is 25.6 Å². The maximum Gasteiger partial charge on any atom is 0.573 e. The molecule has 22 heavy (non-hydrogen) atoms. The number of rotatable bonds is 3. The minimum atomic E-state index is -4.90. The van der Waals surface area contributed by atoms with Crippen molar-refractivity contribution < 1.29 is 32.5 Å². The zero-order valence-electron chi connectivity index (χ0n) is 11.2. The molecule has 116 valence electrons. The number of aromatic hydroxyl groups is 1. The van der Waals surface area contributed by atoms with Crippen molar-refractivity contribution in [2.75, 3.05) is 7.11 Å². The molecule has 5 nitrogen and oxygen atoms in total. The highest BCUT2D eigenvalue weighted by atomic mass is 19.4. The normalized spacial score (nSPS) is 11.1. The Morgan fingerprint density at radius 3 is 2.50 bits per heavy atom. The predicted octanol–water partition coefficient (Wildman–Crippen LogP) is 3.14. The van der Waals surface area contributed by atoms with Gasteiger partial charge in [-0.2, -0.15) is 0 Å². The van der Waals surface area contributed by atoms with Gasteiger partial charge < -0.3 is 14.6 Å². The lowest BCUT2D eigenvalue weighted by Crippen LogP contribution is -2.17. The zero-order valence-corrected chi connectivity index (χ0v) is 11.2. The first-order valence-corrected chi connectivity index (χ1v) is 5.94. The van der Waals surface area contributed by atoms with Gasteiger partial charge in [-0.1, -0.05) is 18.2 Å². The van der Waals surface area contributed by atoms with Crippen LogP contribution in [-0.4, -0.2) is 29.5 Å². The van der Waals surface area contributed by atoms with Crippen LogP contribution in [0.15, 0.2) is 36.7 Å². The van der Waals surface area contributed by atoms with E-state index in [1.807, 2.05) is 0 Å². The summed E-state index contributed by atoms with van der Waals surface area (Å²) >= 11 is 0. The minimum absolute atomic E-state index is 0.0355. The van der Waals surface area contributed by atoms with Crippen molar-refractivity contribution in [2.24, 2.45) is 0 Å². The smallest absolute Gasteiger partial charge is 0.505 e. The molecule has 0 aliphatic carbocycles. The van der Waals surface area contributed by atoms with Crippen LogP contribution in [0.3, 0.4) is 0 Å². The van der Waals surface area contributed by atoms with Gasteiger partial charge in [-0.25, -0.2) is 4.79 Å². The lowest BCUT2D eigenvalue weighted by Gasteiger charge is -2.15. The molecule has 0 aliphatic heterocycles. The van der Waals surface area contributed by atoms with Crippen LogP contribution in [0.2, 0.25) is 0 Å². The fourth-order valence-corrected chi connectivity index (χ4v) is 1.87. The molecule has 8 heteroatoms. The number of methoxy groups -OCH3 is 1. The summed E-state index contributed by atoms with van der Waals surface area (Å²) in [6.07, 6.45) is -2.76. The summed E-state index contributed by atoms with van der Waals surface area (Å²) < 4.78 is 45.9. The van der Waals surface area contributed by atoms with E-state index in [1.54, 1.807) is 0 Å². The first kappa shape index (κ1) is 15.6. The number of pyridine rings is 1. The molecule has 0 bridgehead atoms. The topological polar surface area (TPSA) is 68.7 Å². The number of ether oxygens (including phenoxy) is 2. The van der Waals surface area contributed by atoms with Crippen molar-refractivity contribution in [1.29, 1.82) is 0 Å². The fraction of sp³-hybridized carbons (Fsp3) is 0.143. The quantitative estimate of drug-likeness (QED) is 0.882. The Morgan fingerprint density at radius 1 is 1.18 bits per heavy atom. The second-order valence-electron chi connectivity index (χ2n) is 4.12. The van der Waals surface area contributed by atoms with Gasteiger partial charge in [0.15, 0.2) is 0 Å². The van der Waals surface area contributed by atoms with Gasteiger partial charge in [-0.05, 0) is 6.07 Å². The number of carbonyl (C=O) groups is 1. The van der Waals surface area contributed by atoms with Crippen LogP contribution in [0, 0.1) is 0 Å². The average molecular weight is 313 g/mol. The maximum absolute atomic E-state index is 12.5. The van der Waals surface area contributed by atoms with Crippen molar-refractivity contribution in [2.45, 2.75) is 6.36 Å². The molecule has 0 atom stereocenters. The van der Waals surface area contributed by atoms with E-state index in [4.69, 9.17) is 0 Å². The molecule has 1 aromatic carbocycles. The van der Waals surface area contributed by atoms with Crippen molar-refractivity contribution in [3.63, 3.8) is 0 Å². The number of alkyl halides is 3. The van der Waals surface area contributed by atoms with E-state index < -0.39 is 23.8 Å². The second kappa shape index (κ2) is 5.92. The lowest BCUT2D eigenvalue weighted by atomic mass is 10.0. The molecule has 0 fully saturated rings. The van der Waals surface area contributed by atoms with E-state index >= 15 is 0 Å². The monoisotopic (exact) mass is 313 g/mol. The number of esters is 1. The number of halogens is 3. The number of benzene rings is 1. The second-order valence-corrected chi connectivity index (χ2v) is 4.12. The Labute approximate surface area is 122 Å². The van der Waals surface area contributed by atoms with Crippen molar-refractivity contribution in [3.05, 3.63) is 42.2 Å². The number of carbonyl (C=O) groups excluding carboxylic acids is 1. The van der Waals surface area contributed by atoms with Gasteiger partial charge in [0.25, 0.3) is 0 Å². The summed E-state index contributed by atoms with van der Waals surface area (Å²) in [4.78, 5) is 15.4. The summed E-state index contributed by atoms with van der Waals surface area (Å²) in [7, 11) is 1.09. The Kier molecular flexibility index (Phi) is 4.20. The fourth-order valence-electron chi connectivity index (χ4n) is 1.87. The van der Waals surface area contributed by atoms with E-state index in [0.29, 0.717) is 0 Å². The molecule has 0 unspecified atom stereocenters. The first-order chi connectivity index (χ1) is 10.3. The lowest BCUT2D eigenvalue weighted by molar-refractivity contribution is -0.274. The Bertz CT molecular complexity index is 701. The molecule has 0 spiro atoms. The van der Waals surface area contributed by atoms with Crippen LogP contribution < -0.4 is 4.74 Å². The zero-order chi connectivity index (χ0) is 16.3. The summed E-state index contributed by atoms with van der Waals surface area (Å²) in [5.74, 6) is -1.93. The third-order valence-electron chi connectivity index (χ3n) is 2.72. The summed E-state index contributed by atoms with van der Waals surface area (Å²) in [5, 5.41) is 9.75. The molecule has 0 saturated carbocycles. The summed E-state index contributed by atoms with van der Waals surface area (Å²) in [6, 6.07) is 5.21. The van der Waals surface area contributed by atoms with Crippen molar-refractivity contribution in [3.8, 4) is 22.6 Å².